The highest BCUT2D eigenvalue weighted by molar-refractivity contribution is 5.06. The number of ether oxygens (including phenoxy) is 3. The van der Waals surface area contributed by atoms with E-state index in [1.807, 2.05) is 6.92 Å². The molecule has 5 atom stereocenters. The van der Waals surface area contributed by atoms with Crippen LogP contribution in [0.5, 0.6) is 0 Å². The molecule has 3 heterocycles. The van der Waals surface area contributed by atoms with E-state index in [1.165, 1.54) is 0 Å². The highest BCUT2D eigenvalue weighted by Gasteiger charge is 2.58. The fraction of sp³-hybridized carbons (Fsp3) is 0.786. The van der Waals surface area contributed by atoms with Crippen LogP contribution in [-0.2, 0) is 14.2 Å². The fourth-order valence-electron chi connectivity index (χ4n) is 3.28. The van der Waals surface area contributed by atoms with Gasteiger partial charge < -0.3 is 19.3 Å². The minimum Gasteiger partial charge on any atom is -0.366 e. The molecule has 3 rings (SSSR count). The van der Waals surface area contributed by atoms with Gasteiger partial charge in [0.15, 0.2) is 6.29 Å². The quantitative estimate of drug-likeness (QED) is 0.757. The van der Waals surface area contributed by atoms with Crippen molar-refractivity contribution >= 4 is 0 Å². The molecule has 3 saturated heterocycles. The molecule has 3 fully saturated rings. The van der Waals surface area contributed by atoms with E-state index in [-0.39, 0.29) is 23.9 Å². The molecule has 3 aliphatic rings. The highest BCUT2D eigenvalue weighted by Crippen LogP contribution is 2.46. The van der Waals surface area contributed by atoms with E-state index in [0.29, 0.717) is 6.61 Å². The van der Waals surface area contributed by atoms with E-state index < -0.39 is 6.29 Å². The number of aliphatic hydroxyl groups excluding tert-OH is 1. The lowest BCUT2D eigenvalue weighted by Gasteiger charge is -2.42. The fourth-order valence-corrected chi connectivity index (χ4v) is 3.28. The summed E-state index contributed by atoms with van der Waals surface area (Å²) in [4.78, 5) is 0. The Hall–Kier alpha value is -0.640. The topological polar surface area (TPSA) is 47.9 Å². The molecule has 0 aromatic heterocycles. The molecule has 0 saturated carbocycles. The zero-order valence-corrected chi connectivity index (χ0v) is 10.7. The monoisotopic (exact) mass is 252 g/mol. The summed E-state index contributed by atoms with van der Waals surface area (Å²) in [6.07, 6.45) is 2.81. The number of hydrogen-bond acceptors (Lipinski definition) is 4. The Morgan fingerprint density at radius 2 is 2.33 bits per heavy atom. The minimum atomic E-state index is -0.793. The van der Waals surface area contributed by atoms with Gasteiger partial charge in [0, 0.05) is 12.8 Å². The zero-order chi connectivity index (χ0) is 12.8. The molecular formula is C14H20O4. The summed E-state index contributed by atoms with van der Waals surface area (Å²) in [5.74, 6) is 0. The molecule has 18 heavy (non-hydrogen) atoms. The van der Waals surface area contributed by atoms with E-state index >= 15 is 0 Å². The van der Waals surface area contributed by atoms with Gasteiger partial charge in [-0.1, -0.05) is 6.58 Å². The van der Waals surface area contributed by atoms with Gasteiger partial charge in [0.25, 0.3) is 0 Å². The lowest BCUT2D eigenvalue weighted by molar-refractivity contribution is -0.221. The van der Waals surface area contributed by atoms with Crippen molar-refractivity contribution < 1.29 is 19.3 Å². The van der Waals surface area contributed by atoms with Gasteiger partial charge in [-0.05, 0) is 25.3 Å². The van der Waals surface area contributed by atoms with Crippen LogP contribution in [0.2, 0.25) is 0 Å². The average Bonchev–Trinajstić information content (AvgIpc) is 2.68. The maximum absolute atomic E-state index is 9.66. The van der Waals surface area contributed by atoms with Crippen LogP contribution in [-0.4, -0.2) is 41.9 Å². The third-order valence-corrected chi connectivity index (χ3v) is 4.28. The first-order chi connectivity index (χ1) is 8.63. The largest absolute Gasteiger partial charge is 0.366 e. The van der Waals surface area contributed by atoms with Crippen molar-refractivity contribution in [3.63, 3.8) is 0 Å². The molecule has 1 spiro atoms. The van der Waals surface area contributed by atoms with Crippen molar-refractivity contribution in [3.05, 3.63) is 17.9 Å². The predicted molar refractivity (Wildman–Crippen MR) is 65.0 cm³/mol. The predicted octanol–water partition coefficient (Wildman–Crippen LogP) is 1.53. The summed E-state index contributed by atoms with van der Waals surface area (Å²) >= 11 is 0. The minimum absolute atomic E-state index is 0.0731. The molecular weight excluding hydrogens is 232 g/mol. The molecule has 2 bridgehead atoms. The van der Waals surface area contributed by atoms with E-state index in [2.05, 4.69) is 12.3 Å². The Labute approximate surface area is 107 Å². The third-order valence-electron chi connectivity index (χ3n) is 4.28. The first-order valence-corrected chi connectivity index (χ1v) is 6.61. The molecule has 0 aromatic rings. The standard InChI is InChI=1S/C14H20O4/c1-3-9(2)6-10-4-5-12-14(18-10)7-11(17-12)13(15)16-8-14/h10-13,15H,1,4-8H2,2H3/t10-,11-,12+,13-,14-/m1/s1. The number of rotatable bonds is 2. The van der Waals surface area contributed by atoms with Crippen molar-refractivity contribution in [3.8, 4) is 0 Å². The molecule has 0 aromatic carbocycles. The van der Waals surface area contributed by atoms with E-state index in [9.17, 15) is 5.11 Å². The van der Waals surface area contributed by atoms with Gasteiger partial charge in [0.1, 0.15) is 11.7 Å². The Bertz CT molecular complexity index is 387. The maximum atomic E-state index is 9.66. The third kappa shape index (κ3) is 1.94. The van der Waals surface area contributed by atoms with Crippen LogP contribution in [0.1, 0.15) is 32.6 Å². The number of aliphatic hydroxyl groups is 1. The van der Waals surface area contributed by atoms with Crippen molar-refractivity contribution in [2.45, 2.75) is 62.8 Å². The highest BCUT2D eigenvalue weighted by atomic mass is 16.7. The van der Waals surface area contributed by atoms with Crippen LogP contribution < -0.4 is 0 Å². The second-order valence-corrected chi connectivity index (χ2v) is 5.61. The lowest BCUT2D eigenvalue weighted by atomic mass is 9.85. The Kier molecular flexibility index (Phi) is 3.08. The van der Waals surface area contributed by atoms with Gasteiger partial charge in [-0.3, -0.25) is 0 Å². The summed E-state index contributed by atoms with van der Waals surface area (Å²) in [7, 11) is 0. The second-order valence-electron chi connectivity index (χ2n) is 5.61. The molecule has 0 amide bonds. The summed E-state index contributed by atoms with van der Waals surface area (Å²) < 4.78 is 17.5. The van der Waals surface area contributed by atoms with Crippen LogP contribution in [0.25, 0.3) is 0 Å². The van der Waals surface area contributed by atoms with Crippen molar-refractivity contribution in [2.75, 3.05) is 6.61 Å². The van der Waals surface area contributed by atoms with E-state index in [4.69, 9.17) is 14.2 Å². The summed E-state index contributed by atoms with van der Waals surface area (Å²) in [5.41, 5.74) is 3.70. The van der Waals surface area contributed by atoms with E-state index in [0.717, 1.165) is 31.3 Å². The molecule has 1 N–H and O–H groups in total. The SMILES string of the molecule is C=C=C(C)C[C@H]1CC[C@@H]2O[C@@H]3C[C@]2(CO[C@H]3O)O1. The van der Waals surface area contributed by atoms with Gasteiger partial charge in [-0.2, -0.15) is 0 Å². The smallest absolute Gasteiger partial charge is 0.181 e. The Morgan fingerprint density at radius 1 is 1.50 bits per heavy atom. The molecule has 100 valence electrons. The van der Waals surface area contributed by atoms with Crippen molar-refractivity contribution in [2.24, 2.45) is 0 Å². The number of hydrogen-bond donors (Lipinski definition) is 1. The molecule has 0 radical (unpaired) electrons. The van der Waals surface area contributed by atoms with Crippen molar-refractivity contribution in [1.82, 2.24) is 0 Å². The summed E-state index contributed by atoms with van der Waals surface area (Å²) in [6, 6.07) is 0. The summed E-state index contributed by atoms with van der Waals surface area (Å²) in [5, 5.41) is 9.66. The van der Waals surface area contributed by atoms with Crippen molar-refractivity contribution in [1.29, 1.82) is 0 Å². The Morgan fingerprint density at radius 3 is 3.11 bits per heavy atom. The second kappa shape index (κ2) is 4.48. The normalized spacial score (nSPS) is 46.3. The first kappa shape index (κ1) is 12.4. The van der Waals surface area contributed by atoms with Gasteiger partial charge in [0.05, 0.1) is 18.8 Å². The average molecular weight is 252 g/mol. The molecule has 4 nitrogen and oxygen atoms in total. The lowest BCUT2D eigenvalue weighted by Crippen LogP contribution is -2.53. The Balaban J connectivity index is 1.73. The molecule has 0 unspecified atom stereocenters. The molecule has 0 aliphatic carbocycles. The van der Waals surface area contributed by atoms with E-state index in [1.54, 1.807) is 0 Å². The molecule has 3 aliphatic heterocycles. The van der Waals surface area contributed by atoms with Crippen LogP contribution >= 0.6 is 0 Å². The van der Waals surface area contributed by atoms with Crippen LogP contribution in [0, 0.1) is 0 Å². The van der Waals surface area contributed by atoms with Gasteiger partial charge in [-0.25, -0.2) is 0 Å². The van der Waals surface area contributed by atoms with Gasteiger partial charge in [0.2, 0.25) is 0 Å². The van der Waals surface area contributed by atoms with Crippen LogP contribution in [0.15, 0.2) is 17.9 Å². The van der Waals surface area contributed by atoms with Gasteiger partial charge in [-0.15, -0.1) is 5.73 Å². The van der Waals surface area contributed by atoms with Gasteiger partial charge >= 0.3 is 0 Å². The number of fused-ring (bicyclic) bond motifs is 1. The maximum Gasteiger partial charge on any atom is 0.181 e. The van der Waals surface area contributed by atoms with Crippen LogP contribution in [0.3, 0.4) is 0 Å². The molecule has 4 heteroatoms. The summed E-state index contributed by atoms with van der Waals surface area (Å²) in [6.45, 7) is 6.12. The first-order valence-electron chi connectivity index (χ1n) is 6.61. The zero-order valence-electron chi connectivity index (χ0n) is 10.7. The van der Waals surface area contributed by atoms with Crippen LogP contribution in [0.4, 0.5) is 0 Å².